The van der Waals surface area contributed by atoms with E-state index in [1.165, 1.54) is 30.9 Å². The molecule has 0 radical (unpaired) electrons. The first kappa shape index (κ1) is 13.8. The molecule has 2 aromatic rings. The van der Waals surface area contributed by atoms with Crippen LogP contribution in [0, 0.1) is 20.8 Å². The Morgan fingerprint density at radius 1 is 1.17 bits per heavy atom. The average molecular weight is 324 g/mol. The second-order valence-corrected chi connectivity index (χ2v) is 7.21. The van der Waals surface area contributed by atoms with Crippen LogP contribution in [0.3, 0.4) is 0 Å². The maximum Gasteiger partial charge on any atom is 0.0704 e. The summed E-state index contributed by atoms with van der Waals surface area (Å²) in [5.41, 5.74) is 5.45. The third-order valence-corrected chi connectivity index (χ3v) is 5.05. The highest BCUT2D eigenvalue weighted by Gasteiger charge is 2.18. The Balaban J connectivity index is 2.52. The van der Waals surface area contributed by atoms with Crippen molar-refractivity contribution < 1.29 is 0 Å². The van der Waals surface area contributed by atoms with Crippen LogP contribution in [0.25, 0.3) is 0 Å². The molecule has 0 amide bonds. The summed E-state index contributed by atoms with van der Waals surface area (Å²) in [5.74, 6) is 0. The second-order valence-electron chi connectivity index (χ2n) is 4.57. The quantitative estimate of drug-likeness (QED) is 0.859. The monoisotopic (exact) mass is 323 g/mol. The first-order chi connectivity index (χ1) is 8.54. The molecule has 0 aliphatic rings. The minimum atomic E-state index is 0.271. The van der Waals surface area contributed by atoms with Crippen LogP contribution in [0.4, 0.5) is 0 Å². The molecule has 18 heavy (non-hydrogen) atoms. The van der Waals surface area contributed by atoms with Gasteiger partial charge in [0.15, 0.2) is 0 Å². The largest absolute Gasteiger partial charge is 0.309 e. The minimum Gasteiger partial charge on any atom is -0.309 e. The first-order valence-corrected chi connectivity index (χ1v) is 7.64. The molecule has 2 rings (SSSR count). The molecule has 0 aliphatic heterocycles. The number of thiophene rings is 1. The molecule has 0 bridgehead atoms. The maximum absolute atomic E-state index is 3.58. The van der Waals surface area contributed by atoms with E-state index in [0.29, 0.717) is 0 Å². The fourth-order valence-corrected chi connectivity index (χ4v) is 4.06. The van der Waals surface area contributed by atoms with E-state index in [4.69, 9.17) is 0 Å². The van der Waals surface area contributed by atoms with E-state index in [1.807, 2.05) is 7.05 Å². The fourth-order valence-electron chi connectivity index (χ4n) is 2.31. The number of hydrogen-bond donors (Lipinski definition) is 1. The molecule has 0 saturated heterocycles. The second kappa shape index (κ2) is 5.55. The van der Waals surface area contributed by atoms with E-state index < -0.39 is 0 Å². The van der Waals surface area contributed by atoms with Crippen molar-refractivity contribution in [1.82, 2.24) is 5.32 Å². The van der Waals surface area contributed by atoms with Gasteiger partial charge in [-0.2, -0.15) is 0 Å². The molecule has 3 heteroatoms. The van der Waals surface area contributed by atoms with Crippen LogP contribution < -0.4 is 5.32 Å². The Morgan fingerprint density at radius 2 is 1.89 bits per heavy atom. The Bertz CT molecular complexity index is 560. The summed E-state index contributed by atoms with van der Waals surface area (Å²) in [6, 6.07) is 9.02. The Morgan fingerprint density at radius 3 is 2.44 bits per heavy atom. The minimum absolute atomic E-state index is 0.271. The third-order valence-electron chi connectivity index (χ3n) is 3.48. The Labute approximate surface area is 121 Å². The molecule has 1 nitrogen and oxygen atoms in total. The highest BCUT2D eigenvalue weighted by molar-refractivity contribution is 9.11. The molecule has 0 aliphatic carbocycles. The van der Waals surface area contributed by atoms with Gasteiger partial charge in [-0.25, -0.2) is 0 Å². The van der Waals surface area contributed by atoms with Crippen LogP contribution in [0.1, 0.15) is 33.2 Å². The van der Waals surface area contributed by atoms with Crippen molar-refractivity contribution in [3.05, 3.63) is 55.2 Å². The standard InChI is InChI=1S/C15H18BrNS/c1-9-6-5-7-12(10(9)2)15(17-4)13-8-14(16)18-11(13)3/h5-8,15,17H,1-4H3. The molecule has 0 spiro atoms. The van der Waals surface area contributed by atoms with Crippen molar-refractivity contribution in [3.8, 4) is 0 Å². The van der Waals surface area contributed by atoms with E-state index in [2.05, 4.69) is 66.3 Å². The van der Waals surface area contributed by atoms with Gasteiger partial charge < -0.3 is 5.32 Å². The van der Waals surface area contributed by atoms with Gasteiger partial charge in [-0.1, -0.05) is 18.2 Å². The molecule has 1 aromatic heterocycles. The van der Waals surface area contributed by atoms with E-state index >= 15 is 0 Å². The van der Waals surface area contributed by atoms with Gasteiger partial charge in [-0.05, 0) is 72.1 Å². The van der Waals surface area contributed by atoms with Crippen molar-refractivity contribution in [2.75, 3.05) is 7.05 Å². The van der Waals surface area contributed by atoms with Crippen LogP contribution in [-0.2, 0) is 0 Å². The van der Waals surface area contributed by atoms with Gasteiger partial charge in [-0.15, -0.1) is 11.3 Å². The summed E-state index contributed by atoms with van der Waals surface area (Å²) >= 11 is 5.37. The van der Waals surface area contributed by atoms with Crippen molar-refractivity contribution in [1.29, 1.82) is 0 Å². The normalized spacial score (nSPS) is 12.7. The lowest BCUT2D eigenvalue weighted by Crippen LogP contribution is -2.19. The molecular weight excluding hydrogens is 306 g/mol. The molecule has 1 heterocycles. The van der Waals surface area contributed by atoms with E-state index in [1.54, 1.807) is 11.3 Å². The Hall–Kier alpha value is -0.640. The van der Waals surface area contributed by atoms with Crippen molar-refractivity contribution >= 4 is 27.3 Å². The zero-order valence-corrected chi connectivity index (χ0v) is 13.6. The van der Waals surface area contributed by atoms with Gasteiger partial charge >= 0.3 is 0 Å². The van der Waals surface area contributed by atoms with Crippen LogP contribution >= 0.6 is 27.3 Å². The SMILES string of the molecule is CNC(c1cc(Br)sc1C)c1cccc(C)c1C. The van der Waals surface area contributed by atoms with Crippen LogP contribution in [0.15, 0.2) is 28.1 Å². The number of halogens is 1. The molecule has 0 fully saturated rings. The maximum atomic E-state index is 3.58. The summed E-state index contributed by atoms with van der Waals surface area (Å²) in [5, 5.41) is 3.44. The topological polar surface area (TPSA) is 12.0 Å². The number of aryl methyl sites for hydroxylation is 2. The van der Waals surface area contributed by atoms with Gasteiger partial charge in [0, 0.05) is 4.88 Å². The smallest absolute Gasteiger partial charge is 0.0704 e. The molecule has 1 N–H and O–H groups in total. The number of nitrogens with one attached hydrogen (secondary N) is 1. The Kier molecular flexibility index (Phi) is 4.25. The van der Waals surface area contributed by atoms with Crippen LogP contribution in [0.5, 0.6) is 0 Å². The summed E-state index contributed by atoms with van der Waals surface area (Å²) in [6.45, 7) is 6.55. The first-order valence-electron chi connectivity index (χ1n) is 6.03. The molecule has 1 atom stereocenters. The van der Waals surface area contributed by atoms with Gasteiger partial charge in [0.25, 0.3) is 0 Å². The van der Waals surface area contributed by atoms with Crippen LogP contribution in [0.2, 0.25) is 0 Å². The van der Waals surface area contributed by atoms with Gasteiger partial charge in [0.1, 0.15) is 0 Å². The molecule has 1 aromatic carbocycles. The lowest BCUT2D eigenvalue weighted by atomic mass is 9.93. The summed E-state index contributed by atoms with van der Waals surface area (Å²) in [7, 11) is 2.03. The summed E-state index contributed by atoms with van der Waals surface area (Å²) in [6.07, 6.45) is 0. The van der Waals surface area contributed by atoms with E-state index in [-0.39, 0.29) is 6.04 Å². The predicted molar refractivity (Wildman–Crippen MR) is 83.6 cm³/mol. The number of benzene rings is 1. The lowest BCUT2D eigenvalue weighted by molar-refractivity contribution is 0.685. The molecule has 0 saturated carbocycles. The van der Waals surface area contributed by atoms with Gasteiger partial charge in [0.05, 0.1) is 9.83 Å². The van der Waals surface area contributed by atoms with Gasteiger partial charge in [0.2, 0.25) is 0 Å². The number of rotatable bonds is 3. The third kappa shape index (κ3) is 2.53. The molecule has 1 unspecified atom stereocenters. The summed E-state index contributed by atoms with van der Waals surface area (Å²) in [4.78, 5) is 1.36. The highest BCUT2D eigenvalue weighted by Crippen LogP contribution is 2.34. The van der Waals surface area contributed by atoms with Crippen molar-refractivity contribution in [2.24, 2.45) is 0 Å². The number of hydrogen-bond acceptors (Lipinski definition) is 2. The zero-order valence-electron chi connectivity index (χ0n) is 11.2. The van der Waals surface area contributed by atoms with Crippen LogP contribution in [-0.4, -0.2) is 7.05 Å². The summed E-state index contributed by atoms with van der Waals surface area (Å²) < 4.78 is 1.19. The predicted octanol–water partition coefficient (Wildman–Crippen LogP) is 4.74. The van der Waals surface area contributed by atoms with Gasteiger partial charge in [-0.3, -0.25) is 0 Å². The fraction of sp³-hybridized carbons (Fsp3) is 0.333. The van der Waals surface area contributed by atoms with E-state index in [0.717, 1.165) is 0 Å². The van der Waals surface area contributed by atoms with E-state index in [9.17, 15) is 0 Å². The zero-order chi connectivity index (χ0) is 13.3. The average Bonchev–Trinajstić information content (AvgIpc) is 2.65. The molecule has 96 valence electrons. The van der Waals surface area contributed by atoms with Crippen molar-refractivity contribution in [3.63, 3.8) is 0 Å². The highest BCUT2D eigenvalue weighted by atomic mass is 79.9. The van der Waals surface area contributed by atoms with Crippen molar-refractivity contribution in [2.45, 2.75) is 26.8 Å². The lowest BCUT2D eigenvalue weighted by Gasteiger charge is -2.20. The molecular formula is C15H18BrNS.